The zero-order chi connectivity index (χ0) is 26.7. The van der Waals surface area contributed by atoms with E-state index in [1.165, 1.54) is 0 Å². The van der Waals surface area contributed by atoms with E-state index in [2.05, 4.69) is 10.3 Å². The first-order valence-electron chi connectivity index (χ1n) is 12.4. The first-order chi connectivity index (χ1) is 18.5. The third-order valence-corrected chi connectivity index (χ3v) is 7.14. The van der Waals surface area contributed by atoms with Crippen LogP contribution in [0.2, 0.25) is 0 Å². The molecule has 2 heterocycles. The lowest BCUT2D eigenvalue weighted by molar-refractivity contribution is -0.245. The highest BCUT2D eigenvalue weighted by atomic mass is 32.2. The number of nitrogens with one attached hydrogen (secondary N) is 2. The molecule has 2 aromatic carbocycles. The summed E-state index contributed by atoms with van der Waals surface area (Å²) < 4.78 is 12.7. The number of rotatable bonds is 11. The maximum Gasteiger partial charge on any atom is 0.243 e. The van der Waals surface area contributed by atoms with Crippen LogP contribution < -0.4 is 10.8 Å². The normalized spacial score (nSPS) is 19.1. The molecule has 9 nitrogen and oxygen atoms in total. The Hall–Kier alpha value is -3.28. The van der Waals surface area contributed by atoms with E-state index < -0.39 is 12.2 Å². The Bertz CT molecular complexity index is 1180. The number of ether oxygens (including phenoxy) is 2. The molecule has 3 aromatic rings. The number of amides is 2. The minimum atomic E-state index is -0.595. The van der Waals surface area contributed by atoms with Crippen molar-refractivity contribution in [2.75, 3.05) is 11.1 Å². The summed E-state index contributed by atoms with van der Waals surface area (Å²) in [7, 11) is 0. The number of hydrogen-bond acceptors (Lipinski definition) is 8. The monoisotopic (exact) mass is 537 g/mol. The van der Waals surface area contributed by atoms with E-state index in [-0.39, 0.29) is 37.6 Å². The molecule has 1 aliphatic rings. The largest absolute Gasteiger partial charge is 0.392 e. The van der Waals surface area contributed by atoms with Crippen LogP contribution in [0.25, 0.3) is 0 Å². The van der Waals surface area contributed by atoms with Gasteiger partial charge >= 0.3 is 0 Å². The van der Waals surface area contributed by atoms with Gasteiger partial charge in [0.05, 0.1) is 23.8 Å². The summed E-state index contributed by atoms with van der Waals surface area (Å²) in [5.74, 6) is -0.0227. The zero-order valence-corrected chi connectivity index (χ0v) is 21.6. The lowest BCUT2D eigenvalue weighted by Crippen LogP contribution is -2.31. The summed E-state index contributed by atoms with van der Waals surface area (Å²) in [5, 5.41) is 21.7. The number of thioether (sulfide) groups is 1. The van der Waals surface area contributed by atoms with Gasteiger partial charge in [0.15, 0.2) is 6.29 Å². The van der Waals surface area contributed by atoms with Crippen LogP contribution in [0.5, 0.6) is 0 Å². The Kier molecular flexibility index (Phi) is 10.2. The van der Waals surface area contributed by atoms with Crippen molar-refractivity contribution in [1.29, 1.82) is 0 Å². The SMILES string of the molecule is O=C(CCCC(=O)Nc1ccc([C@H]2O[C@@H](CSc3ccccn3)C[C@@H](c3ccc(CO)cc3)O2)cc1)NO. The number of hydrogen-bond donors (Lipinski definition) is 4. The quantitative estimate of drug-likeness (QED) is 0.160. The van der Waals surface area contributed by atoms with Crippen molar-refractivity contribution in [3.8, 4) is 0 Å². The number of carbonyl (C=O) groups excluding carboxylic acids is 2. The maximum absolute atomic E-state index is 12.2. The lowest BCUT2D eigenvalue weighted by Gasteiger charge is -2.36. The van der Waals surface area contributed by atoms with Gasteiger partial charge in [-0.2, -0.15) is 0 Å². The number of nitrogens with zero attached hydrogens (tertiary/aromatic N) is 1. The van der Waals surface area contributed by atoms with Gasteiger partial charge in [0.25, 0.3) is 0 Å². The van der Waals surface area contributed by atoms with Crippen molar-refractivity contribution in [1.82, 2.24) is 10.5 Å². The van der Waals surface area contributed by atoms with Crippen molar-refractivity contribution < 1.29 is 29.4 Å². The lowest BCUT2D eigenvalue weighted by atomic mass is 10.0. The van der Waals surface area contributed by atoms with Gasteiger partial charge in [-0.05, 0) is 41.8 Å². The van der Waals surface area contributed by atoms with Crippen molar-refractivity contribution in [2.45, 2.75) is 55.8 Å². The second-order valence-corrected chi connectivity index (χ2v) is 9.93. The molecule has 0 spiro atoms. The Morgan fingerprint density at radius 3 is 2.37 bits per heavy atom. The topological polar surface area (TPSA) is 130 Å². The highest BCUT2D eigenvalue weighted by Gasteiger charge is 2.32. The molecule has 0 radical (unpaired) electrons. The molecule has 1 aromatic heterocycles. The number of aromatic nitrogens is 1. The Morgan fingerprint density at radius 2 is 1.68 bits per heavy atom. The molecule has 0 saturated carbocycles. The van der Waals surface area contributed by atoms with Crippen molar-refractivity contribution >= 4 is 29.3 Å². The summed E-state index contributed by atoms with van der Waals surface area (Å²) in [4.78, 5) is 27.6. The number of benzene rings is 2. The van der Waals surface area contributed by atoms with Crippen LogP contribution in [0, 0.1) is 0 Å². The molecule has 0 aliphatic carbocycles. The molecule has 0 bridgehead atoms. The van der Waals surface area contributed by atoms with Crippen molar-refractivity contribution in [3.63, 3.8) is 0 Å². The van der Waals surface area contributed by atoms with E-state index in [0.717, 1.165) is 21.7 Å². The Labute approximate surface area is 225 Å². The summed E-state index contributed by atoms with van der Waals surface area (Å²) in [6, 6.07) is 20.9. The minimum absolute atomic E-state index is 0.0121. The van der Waals surface area contributed by atoms with Crippen LogP contribution in [-0.2, 0) is 25.7 Å². The van der Waals surface area contributed by atoms with Crippen molar-refractivity contribution in [3.05, 3.63) is 89.6 Å². The van der Waals surface area contributed by atoms with Gasteiger partial charge in [-0.25, -0.2) is 10.5 Å². The molecule has 10 heteroatoms. The third kappa shape index (κ3) is 8.11. The molecular weight excluding hydrogens is 506 g/mol. The number of carbonyl (C=O) groups is 2. The molecule has 4 N–H and O–H groups in total. The first kappa shape index (κ1) is 27.7. The predicted octanol–water partition coefficient (Wildman–Crippen LogP) is 4.53. The summed E-state index contributed by atoms with van der Waals surface area (Å²) >= 11 is 1.64. The number of pyridine rings is 1. The van der Waals surface area contributed by atoms with E-state index in [1.54, 1.807) is 35.6 Å². The zero-order valence-electron chi connectivity index (χ0n) is 20.8. The molecular formula is C28H31N3O6S. The summed E-state index contributed by atoms with van der Waals surface area (Å²) in [5.41, 5.74) is 4.86. The molecule has 200 valence electrons. The molecule has 1 saturated heterocycles. The number of aliphatic hydroxyl groups excluding tert-OH is 1. The maximum atomic E-state index is 12.2. The first-order valence-corrected chi connectivity index (χ1v) is 13.4. The molecule has 4 rings (SSSR count). The van der Waals surface area contributed by atoms with E-state index in [4.69, 9.17) is 14.7 Å². The summed E-state index contributed by atoms with van der Waals surface area (Å²) in [6.07, 6.45) is 2.15. The molecule has 2 amide bonds. The molecule has 0 unspecified atom stereocenters. The second-order valence-electron chi connectivity index (χ2n) is 8.89. The van der Waals surface area contributed by atoms with Crippen LogP contribution in [0.3, 0.4) is 0 Å². The third-order valence-electron chi connectivity index (χ3n) is 6.07. The van der Waals surface area contributed by atoms with Gasteiger partial charge in [-0.1, -0.05) is 42.5 Å². The van der Waals surface area contributed by atoms with Crippen LogP contribution >= 0.6 is 11.8 Å². The fourth-order valence-electron chi connectivity index (χ4n) is 4.05. The van der Waals surface area contributed by atoms with Gasteiger partial charge in [-0.3, -0.25) is 14.8 Å². The molecule has 1 fully saturated rings. The Morgan fingerprint density at radius 1 is 0.947 bits per heavy atom. The van der Waals surface area contributed by atoms with Gasteiger partial charge in [0.1, 0.15) is 0 Å². The minimum Gasteiger partial charge on any atom is -0.392 e. The second kappa shape index (κ2) is 14.0. The van der Waals surface area contributed by atoms with E-state index in [9.17, 15) is 14.7 Å². The number of anilines is 1. The standard InChI is InChI=1S/C28H31N3O6S/c32-17-19-7-9-20(10-8-19)24-16-23(18-38-27-6-1-2-15-29-27)36-28(37-24)21-11-13-22(14-12-21)30-25(33)4-3-5-26(34)31-35/h1-2,6-15,23-24,28,32,35H,3-5,16-18H2,(H,30,33)(H,31,34)/t23-,24+,28+/m1/s1. The highest BCUT2D eigenvalue weighted by molar-refractivity contribution is 7.99. The number of aliphatic hydroxyl groups is 1. The highest BCUT2D eigenvalue weighted by Crippen LogP contribution is 2.39. The van der Waals surface area contributed by atoms with E-state index >= 15 is 0 Å². The molecule has 38 heavy (non-hydrogen) atoms. The van der Waals surface area contributed by atoms with Gasteiger partial charge < -0.3 is 19.9 Å². The molecule has 3 atom stereocenters. The van der Waals surface area contributed by atoms with Crippen molar-refractivity contribution in [2.24, 2.45) is 0 Å². The van der Waals surface area contributed by atoms with Crippen LogP contribution in [0.4, 0.5) is 5.69 Å². The Balaban J connectivity index is 1.41. The molecule has 1 aliphatic heterocycles. The van der Waals surface area contributed by atoms with Crippen LogP contribution in [0.15, 0.2) is 78.0 Å². The van der Waals surface area contributed by atoms with E-state index in [1.807, 2.05) is 54.6 Å². The van der Waals surface area contributed by atoms with Gasteiger partial charge in [-0.15, -0.1) is 11.8 Å². The van der Waals surface area contributed by atoms with E-state index in [0.29, 0.717) is 24.3 Å². The average Bonchev–Trinajstić information content (AvgIpc) is 2.96. The van der Waals surface area contributed by atoms with Gasteiger partial charge in [0, 0.05) is 42.5 Å². The number of hydroxylamine groups is 1. The fraction of sp³-hybridized carbons (Fsp3) is 0.321. The van der Waals surface area contributed by atoms with Gasteiger partial charge in [0.2, 0.25) is 11.8 Å². The smallest absolute Gasteiger partial charge is 0.243 e. The van der Waals surface area contributed by atoms with Crippen LogP contribution in [0.1, 0.15) is 54.8 Å². The fourth-order valence-corrected chi connectivity index (χ4v) is 4.93. The average molecular weight is 538 g/mol. The van der Waals surface area contributed by atoms with Crippen LogP contribution in [-0.4, -0.2) is 39.0 Å². The summed E-state index contributed by atoms with van der Waals surface area (Å²) in [6.45, 7) is -0.0121. The predicted molar refractivity (Wildman–Crippen MR) is 142 cm³/mol.